The molecule has 2 heteroatoms. The largest absolute Gasteiger partial charge is 0.372 e. The van der Waals surface area contributed by atoms with Crippen LogP contribution in [0.1, 0.15) is 20.8 Å². The van der Waals surface area contributed by atoms with Gasteiger partial charge in [0.05, 0.1) is 0 Å². The Labute approximate surface area is 70.3 Å². The van der Waals surface area contributed by atoms with Crippen molar-refractivity contribution in [2.45, 2.75) is 26.3 Å². The van der Waals surface area contributed by atoms with Crippen molar-refractivity contribution in [1.82, 2.24) is 10.2 Å². The first-order valence-electron chi connectivity index (χ1n) is 3.96. The van der Waals surface area contributed by atoms with Gasteiger partial charge in [-0.3, -0.25) is 0 Å². The molecule has 66 valence electrons. The molecule has 0 saturated carbocycles. The van der Waals surface area contributed by atoms with E-state index in [1.54, 1.807) is 0 Å². The van der Waals surface area contributed by atoms with Crippen LogP contribution >= 0.6 is 0 Å². The summed E-state index contributed by atoms with van der Waals surface area (Å²) in [7, 11) is 4.04. The average molecular weight is 156 g/mol. The van der Waals surface area contributed by atoms with E-state index in [-0.39, 0.29) is 5.54 Å². The number of hydrogen-bond acceptors (Lipinski definition) is 2. The van der Waals surface area contributed by atoms with E-state index in [4.69, 9.17) is 0 Å². The summed E-state index contributed by atoms with van der Waals surface area (Å²) < 4.78 is 0. The molecule has 0 saturated heterocycles. The molecule has 0 amide bonds. The molecule has 0 fully saturated rings. The summed E-state index contributed by atoms with van der Waals surface area (Å²) in [5.41, 5.74) is 1.26. The number of nitrogens with one attached hydrogen (secondary N) is 1. The number of nitrogens with zero attached hydrogens (tertiary/aromatic N) is 1. The maximum absolute atomic E-state index is 3.90. The van der Waals surface area contributed by atoms with Gasteiger partial charge < -0.3 is 10.2 Å². The molecule has 0 radical (unpaired) electrons. The first-order chi connectivity index (χ1) is 4.91. The second-order valence-corrected chi connectivity index (χ2v) is 3.64. The molecule has 11 heavy (non-hydrogen) atoms. The van der Waals surface area contributed by atoms with Gasteiger partial charge in [0.1, 0.15) is 0 Å². The third-order valence-electron chi connectivity index (χ3n) is 2.09. The number of hydrogen-bond donors (Lipinski definition) is 1. The zero-order valence-corrected chi connectivity index (χ0v) is 8.36. The Morgan fingerprint density at radius 2 is 2.00 bits per heavy atom. The fourth-order valence-corrected chi connectivity index (χ4v) is 1.07. The summed E-state index contributed by atoms with van der Waals surface area (Å²) in [6.45, 7) is 11.3. The first-order valence-corrected chi connectivity index (χ1v) is 3.96. The Morgan fingerprint density at radius 3 is 2.27 bits per heavy atom. The SMILES string of the molecule is C=C(C)N(C)C(C)(C)CNC. The molecule has 1 N–H and O–H groups in total. The highest BCUT2D eigenvalue weighted by Crippen LogP contribution is 2.14. The van der Waals surface area contributed by atoms with E-state index in [9.17, 15) is 0 Å². The van der Waals surface area contributed by atoms with Crippen molar-refractivity contribution in [3.63, 3.8) is 0 Å². The Morgan fingerprint density at radius 1 is 1.55 bits per heavy atom. The molecule has 0 rings (SSSR count). The zero-order chi connectivity index (χ0) is 9.07. The van der Waals surface area contributed by atoms with E-state index in [1.165, 1.54) is 0 Å². The van der Waals surface area contributed by atoms with Crippen molar-refractivity contribution in [3.05, 3.63) is 12.3 Å². The first kappa shape index (κ1) is 10.5. The predicted molar refractivity (Wildman–Crippen MR) is 50.6 cm³/mol. The van der Waals surface area contributed by atoms with Crippen LogP contribution in [-0.2, 0) is 0 Å². The van der Waals surface area contributed by atoms with Gasteiger partial charge in [-0.05, 0) is 27.8 Å². The van der Waals surface area contributed by atoms with Gasteiger partial charge in [0.25, 0.3) is 0 Å². The van der Waals surface area contributed by atoms with Crippen LogP contribution in [0.2, 0.25) is 0 Å². The van der Waals surface area contributed by atoms with Gasteiger partial charge >= 0.3 is 0 Å². The standard InChI is InChI=1S/C9H20N2/c1-8(2)11(6)9(3,4)7-10-5/h10H,1,7H2,2-6H3. The van der Waals surface area contributed by atoms with Crippen molar-refractivity contribution in [2.75, 3.05) is 20.6 Å². The van der Waals surface area contributed by atoms with Gasteiger partial charge in [0.15, 0.2) is 0 Å². The van der Waals surface area contributed by atoms with Gasteiger partial charge in [-0.2, -0.15) is 0 Å². The van der Waals surface area contributed by atoms with Crippen LogP contribution in [0.5, 0.6) is 0 Å². The highest BCUT2D eigenvalue weighted by molar-refractivity contribution is 4.96. The Bertz CT molecular complexity index is 138. The van der Waals surface area contributed by atoms with E-state index in [0.717, 1.165) is 12.2 Å². The molecule has 0 aliphatic rings. The zero-order valence-electron chi connectivity index (χ0n) is 8.36. The van der Waals surface area contributed by atoms with Crippen LogP contribution in [0, 0.1) is 0 Å². The Kier molecular flexibility index (Phi) is 3.59. The lowest BCUT2D eigenvalue weighted by Crippen LogP contribution is -2.46. The molecule has 0 atom stereocenters. The van der Waals surface area contributed by atoms with E-state index < -0.39 is 0 Å². The smallest absolute Gasteiger partial charge is 0.0463 e. The summed E-state index contributed by atoms with van der Waals surface area (Å²) in [6, 6.07) is 0. The molecule has 0 aromatic rings. The van der Waals surface area contributed by atoms with Crippen LogP contribution < -0.4 is 5.32 Å². The van der Waals surface area contributed by atoms with E-state index in [1.807, 2.05) is 14.0 Å². The van der Waals surface area contributed by atoms with Crippen LogP contribution in [0.4, 0.5) is 0 Å². The number of likely N-dealkylation sites (N-methyl/N-ethyl adjacent to an activating group) is 2. The van der Waals surface area contributed by atoms with E-state index >= 15 is 0 Å². The van der Waals surface area contributed by atoms with Crippen LogP contribution in [0.15, 0.2) is 12.3 Å². The van der Waals surface area contributed by atoms with Crippen molar-refractivity contribution in [1.29, 1.82) is 0 Å². The predicted octanol–water partition coefficient (Wildman–Crippen LogP) is 1.45. The molecular formula is C9H20N2. The molecule has 0 aromatic heterocycles. The summed E-state index contributed by atoms with van der Waals surface area (Å²) in [6.07, 6.45) is 0. The second kappa shape index (κ2) is 3.77. The molecule has 0 spiro atoms. The van der Waals surface area contributed by atoms with E-state index in [2.05, 4.69) is 37.7 Å². The fraction of sp³-hybridized carbons (Fsp3) is 0.778. The highest BCUT2D eigenvalue weighted by Gasteiger charge is 2.21. The summed E-state index contributed by atoms with van der Waals surface area (Å²) in [4.78, 5) is 2.18. The summed E-state index contributed by atoms with van der Waals surface area (Å²) >= 11 is 0. The van der Waals surface area contributed by atoms with Crippen molar-refractivity contribution < 1.29 is 0 Å². The minimum atomic E-state index is 0.153. The normalized spacial score (nSPS) is 11.4. The highest BCUT2D eigenvalue weighted by atomic mass is 15.2. The van der Waals surface area contributed by atoms with Crippen molar-refractivity contribution in [3.8, 4) is 0 Å². The Balaban J connectivity index is 4.16. The van der Waals surface area contributed by atoms with Gasteiger partial charge in [-0.25, -0.2) is 0 Å². The lowest BCUT2D eigenvalue weighted by Gasteiger charge is -2.37. The fourth-order valence-electron chi connectivity index (χ4n) is 1.07. The average Bonchev–Trinajstić information content (AvgIpc) is 1.86. The molecule has 0 aliphatic heterocycles. The monoisotopic (exact) mass is 156 g/mol. The van der Waals surface area contributed by atoms with Gasteiger partial charge in [-0.1, -0.05) is 6.58 Å². The lowest BCUT2D eigenvalue weighted by molar-refractivity contribution is 0.203. The minimum absolute atomic E-state index is 0.153. The third-order valence-corrected chi connectivity index (χ3v) is 2.09. The number of allylic oxidation sites excluding steroid dienone is 1. The van der Waals surface area contributed by atoms with Crippen LogP contribution in [0.3, 0.4) is 0 Å². The van der Waals surface area contributed by atoms with E-state index in [0.29, 0.717) is 0 Å². The molecule has 2 nitrogen and oxygen atoms in total. The van der Waals surface area contributed by atoms with Crippen LogP contribution in [-0.4, -0.2) is 31.1 Å². The molecule has 0 unspecified atom stereocenters. The quantitative estimate of drug-likeness (QED) is 0.662. The number of rotatable bonds is 4. The molecule has 0 aliphatic carbocycles. The second-order valence-electron chi connectivity index (χ2n) is 3.64. The lowest BCUT2D eigenvalue weighted by atomic mass is 10.0. The summed E-state index contributed by atoms with van der Waals surface area (Å²) in [5.74, 6) is 0. The molecule has 0 aromatic carbocycles. The molecule has 0 heterocycles. The van der Waals surface area contributed by atoms with Gasteiger partial charge in [0.2, 0.25) is 0 Å². The minimum Gasteiger partial charge on any atom is -0.372 e. The van der Waals surface area contributed by atoms with Gasteiger partial charge in [0, 0.05) is 24.8 Å². The van der Waals surface area contributed by atoms with Crippen molar-refractivity contribution in [2.24, 2.45) is 0 Å². The maximum Gasteiger partial charge on any atom is 0.0463 e. The Hall–Kier alpha value is -0.500. The summed E-state index contributed by atoms with van der Waals surface area (Å²) in [5, 5.41) is 3.16. The molecular weight excluding hydrogens is 136 g/mol. The van der Waals surface area contributed by atoms with Gasteiger partial charge in [-0.15, -0.1) is 0 Å². The van der Waals surface area contributed by atoms with Crippen molar-refractivity contribution >= 4 is 0 Å². The molecule has 0 bridgehead atoms. The third kappa shape index (κ3) is 2.93. The maximum atomic E-state index is 3.90. The van der Waals surface area contributed by atoms with Crippen LogP contribution in [0.25, 0.3) is 0 Å². The topological polar surface area (TPSA) is 15.3 Å².